The zero-order valence-corrected chi connectivity index (χ0v) is 15.6. The van der Waals surface area contributed by atoms with E-state index in [9.17, 15) is 4.79 Å². The summed E-state index contributed by atoms with van der Waals surface area (Å²) < 4.78 is 7.95. The molecule has 0 fully saturated rings. The highest BCUT2D eigenvalue weighted by Gasteiger charge is 2.17. The molecule has 2 aromatic carbocycles. The topological polar surface area (TPSA) is 56.2 Å². The molecule has 0 aliphatic rings. The van der Waals surface area contributed by atoms with Crippen LogP contribution in [0.3, 0.4) is 0 Å². The van der Waals surface area contributed by atoms with Crippen LogP contribution in [0.25, 0.3) is 11.0 Å². The van der Waals surface area contributed by atoms with Gasteiger partial charge in [0.15, 0.2) is 0 Å². The van der Waals surface area contributed by atoms with E-state index in [1.807, 2.05) is 55.5 Å². The Morgan fingerprint density at radius 1 is 1.19 bits per heavy atom. The zero-order valence-electron chi connectivity index (χ0n) is 15.6. The average molecular weight is 363 g/mol. The van der Waals surface area contributed by atoms with Crippen LogP contribution in [0, 0.1) is 0 Å². The number of ether oxygens (including phenoxy) is 1. The van der Waals surface area contributed by atoms with Gasteiger partial charge in [0.2, 0.25) is 5.91 Å². The number of unbranched alkanes of at least 4 members (excludes halogenated alkanes) is 1. The normalized spacial score (nSPS) is 11.9. The fourth-order valence-corrected chi connectivity index (χ4v) is 3.08. The number of aryl methyl sites for hydroxylation is 1. The van der Waals surface area contributed by atoms with Crippen LogP contribution in [0.4, 0.5) is 0 Å². The van der Waals surface area contributed by atoms with E-state index in [4.69, 9.17) is 9.72 Å². The molecule has 0 bridgehead atoms. The molecule has 1 aromatic heterocycles. The molecule has 1 N–H and O–H groups in total. The molecular formula is C22H25N3O2. The Morgan fingerprint density at radius 3 is 2.70 bits per heavy atom. The molecule has 1 unspecified atom stereocenters. The van der Waals surface area contributed by atoms with Crippen molar-refractivity contribution < 1.29 is 9.53 Å². The number of carbonyl (C=O) groups is 1. The molecule has 0 saturated heterocycles. The van der Waals surface area contributed by atoms with Gasteiger partial charge in [-0.15, -0.1) is 0 Å². The van der Waals surface area contributed by atoms with Crippen LogP contribution in [0.1, 0.15) is 31.6 Å². The van der Waals surface area contributed by atoms with Crippen molar-refractivity contribution in [3.8, 4) is 5.75 Å². The largest absolute Gasteiger partial charge is 0.494 e. The number of aromatic nitrogens is 2. The van der Waals surface area contributed by atoms with E-state index in [1.165, 1.54) is 6.08 Å². The first kappa shape index (κ1) is 18.7. The lowest BCUT2D eigenvalue weighted by Gasteiger charge is -2.15. The van der Waals surface area contributed by atoms with Crippen LogP contribution in [-0.2, 0) is 11.3 Å². The molecule has 1 atom stereocenters. The Kier molecular flexibility index (Phi) is 6.26. The van der Waals surface area contributed by atoms with E-state index in [0.717, 1.165) is 42.0 Å². The van der Waals surface area contributed by atoms with Crippen molar-refractivity contribution in [3.63, 3.8) is 0 Å². The van der Waals surface area contributed by atoms with Crippen LogP contribution in [0.2, 0.25) is 0 Å². The van der Waals surface area contributed by atoms with Crippen molar-refractivity contribution in [1.82, 2.24) is 14.9 Å². The highest BCUT2D eigenvalue weighted by atomic mass is 16.5. The third-order valence-corrected chi connectivity index (χ3v) is 4.40. The summed E-state index contributed by atoms with van der Waals surface area (Å²) in [5.41, 5.74) is 2.02. The molecule has 27 heavy (non-hydrogen) atoms. The Balaban J connectivity index is 1.66. The summed E-state index contributed by atoms with van der Waals surface area (Å²) in [5.74, 6) is 1.56. The minimum Gasteiger partial charge on any atom is -0.494 e. The van der Waals surface area contributed by atoms with Crippen molar-refractivity contribution in [2.75, 3.05) is 6.61 Å². The van der Waals surface area contributed by atoms with Gasteiger partial charge in [0.25, 0.3) is 0 Å². The number of nitrogens with zero attached hydrogens (tertiary/aromatic N) is 2. The summed E-state index contributed by atoms with van der Waals surface area (Å²) in [6, 6.07) is 17.7. The van der Waals surface area contributed by atoms with E-state index >= 15 is 0 Å². The first-order valence-electron chi connectivity index (χ1n) is 9.25. The van der Waals surface area contributed by atoms with Gasteiger partial charge in [0, 0.05) is 6.54 Å². The smallest absolute Gasteiger partial charge is 0.243 e. The SMILES string of the molecule is C=CC(=O)NC(C)c1nc2ccccc2n1CCCCOc1ccccc1. The number of amides is 1. The van der Waals surface area contributed by atoms with Gasteiger partial charge < -0.3 is 14.6 Å². The molecule has 3 rings (SSSR count). The second-order valence-electron chi connectivity index (χ2n) is 6.41. The van der Waals surface area contributed by atoms with E-state index in [2.05, 4.69) is 22.5 Å². The predicted octanol–water partition coefficient (Wildman–Crippen LogP) is 4.26. The Hall–Kier alpha value is -3.08. The van der Waals surface area contributed by atoms with E-state index in [-0.39, 0.29) is 11.9 Å². The monoisotopic (exact) mass is 363 g/mol. The van der Waals surface area contributed by atoms with Crippen molar-refractivity contribution in [2.24, 2.45) is 0 Å². The third-order valence-electron chi connectivity index (χ3n) is 4.40. The summed E-state index contributed by atoms with van der Waals surface area (Å²) in [6.45, 7) is 6.95. The van der Waals surface area contributed by atoms with Gasteiger partial charge in [-0.3, -0.25) is 4.79 Å². The van der Waals surface area contributed by atoms with Crippen molar-refractivity contribution >= 4 is 16.9 Å². The molecule has 1 heterocycles. The molecule has 3 aromatic rings. The van der Waals surface area contributed by atoms with Gasteiger partial charge in [0.1, 0.15) is 11.6 Å². The molecule has 5 nitrogen and oxygen atoms in total. The number of para-hydroxylation sites is 3. The first-order valence-corrected chi connectivity index (χ1v) is 9.25. The third kappa shape index (κ3) is 4.76. The fourth-order valence-electron chi connectivity index (χ4n) is 3.08. The first-order chi connectivity index (χ1) is 13.2. The number of hydrogen-bond acceptors (Lipinski definition) is 3. The lowest BCUT2D eigenvalue weighted by atomic mass is 10.2. The summed E-state index contributed by atoms with van der Waals surface area (Å²) in [7, 11) is 0. The molecular weight excluding hydrogens is 338 g/mol. The summed E-state index contributed by atoms with van der Waals surface area (Å²) in [5, 5.41) is 2.91. The minimum atomic E-state index is -0.197. The van der Waals surface area contributed by atoms with E-state index in [0.29, 0.717) is 6.61 Å². The quantitative estimate of drug-likeness (QED) is 0.456. The van der Waals surface area contributed by atoms with Crippen molar-refractivity contribution in [2.45, 2.75) is 32.4 Å². The summed E-state index contributed by atoms with van der Waals surface area (Å²) in [4.78, 5) is 16.4. The highest BCUT2D eigenvalue weighted by Crippen LogP contribution is 2.21. The molecule has 0 saturated carbocycles. The zero-order chi connectivity index (χ0) is 19.1. The maximum atomic E-state index is 11.7. The molecule has 0 spiro atoms. The Labute approximate surface area is 159 Å². The molecule has 140 valence electrons. The van der Waals surface area contributed by atoms with Crippen molar-refractivity contribution in [3.05, 3.63) is 73.1 Å². The molecule has 5 heteroatoms. The molecule has 0 aliphatic carbocycles. The summed E-state index contributed by atoms with van der Waals surface area (Å²) in [6.07, 6.45) is 3.18. The number of fused-ring (bicyclic) bond motifs is 1. The van der Waals surface area contributed by atoms with Gasteiger partial charge in [0.05, 0.1) is 23.7 Å². The lowest BCUT2D eigenvalue weighted by molar-refractivity contribution is -0.117. The van der Waals surface area contributed by atoms with Crippen LogP contribution < -0.4 is 10.1 Å². The molecule has 0 radical (unpaired) electrons. The van der Waals surface area contributed by atoms with E-state index in [1.54, 1.807) is 0 Å². The number of imidazole rings is 1. The average Bonchev–Trinajstić information content (AvgIpc) is 3.07. The number of hydrogen-bond donors (Lipinski definition) is 1. The van der Waals surface area contributed by atoms with Crippen LogP contribution in [0.15, 0.2) is 67.3 Å². The van der Waals surface area contributed by atoms with Crippen LogP contribution in [-0.4, -0.2) is 22.1 Å². The number of nitrogens with one attached hydrogen (secondary N) is 1. The van der Waals surface area contributed by atoms with Crippen LogP contribution >= 0.6 is 0 Å². The second kappa shape index (κ2) is 9.03. The van der Waals surface area contributed by atoms with Gasteiger partial charge >= 0.3 is 0 Å². The maximum absolute atomic E-state index is 11.7. The second-order valence-corrected chi connectivity index (χ2v) is 6.41. The number of rotatable bonds is 9. The molecule has 1 amide bonds. The highest BCUT2D eigenvalue weighted by molar-refractivity contribution is 5.87. The number of benzene rings is 2. The van der Waals surface area contributed by atoms with Gasteiger partial charge in [-0.25, -0.2) is 4.98 Å². The van der Waals surface area contributed by atoms with Crippen LogP contribution in [0.5, 0.6) is 5.75 Å². The Morgan fingerprint density at radius 2 is 1.93 bits per heavy atom. The standard InChI is InChI=1S/C22H25N3O2/c1-3-21(26)23-17(2)22-24-19-13-7-8-14-20(19)25(22)15-9-10-16-27-18-11-5-4-6-12-18/h3-8,11-14,17H,1,9-10,15-16H2,2H3,(H,23,26). The van der Waals surface area contributed by atoms with Gasteiger partial charge in [-0.2, -0.15) is 0 Å². The van der Waals surface area contributed by atoms with Crippen molar-refractivity contribution in [1.29, 1.82) is 0 Å². The fraction of sp³-hybridized carbons (Fsp3) is 0.273. The number of carbonyl (C=O) groups excluding carboxylic acids is 1. The van der Waals surface area contributed by atoms with E-state index < -0.39 is 0 Å². The minimum absolute atomic E-state index is 0.191. The summed E-state index contributed by atoms with van der Waals surface area (Å²) >= 11 is 0. The van der Waals surface area contributed by atoms with Gasteiger partial charge in [-0.1, -0.05) is 36.9 Å². The van der Waals surface area contributed by atoms with Gasteiger partial charge in [-0.05, 0) is 50.1 Å². The Bertz CT molecular complexity index is 902. The lowest BCUT2D eigenvalue weighted by Crippen LogP contribution is -2.27. The maximum Gasteiger partial charge on any atom is 0.243 e. The predicted molar refractivity (Wildman–Crippen MR) is 108 cm³/mol. The molecule has 0 aliphatic heterocycles.